The van der Waals surface area contributed by atoms with E-state index >= 15 is 0 Å². The number of furan rings is 2. The van der Waals surface area contributed by atoms with Crippen molar-refractivity contribution in [2.24, 2.45) is 0 Å². The highest BCUT2D eigenvalue weighted by Gasteiger charge is 2.22. The lowest BCUT2D eigenvalue weighted by Gasteiger charge is -2.17. The highest BCUT2D eigenvalue weighted by Crippen LogP contribution is 2.49. The Balaban J connectivity index is 1.19. The van der Waals surface area contributed by atoms with E-state index in [0.717, 1.165) is 22.6 Å². The van der Waals surface area contributed by atoms with Gasteiger partial charge in [-0.05, 0) is 102 Å². The number of thiophene rings is 1. The molecule has 0 saturated carbocycles. The van der Waals surface area contributed by atoms with Crippen molar-refractivity contribution in [1.29, 1.82) is 0 Å². The number of fused-ring (bicyclic) bond motifs is 7. The average molecular weight is 669 g/mol. The quantitative estimate of drug-likeness (QED) is 0.175. The van der Waals surface area contributed by atoms with Gasteiger partial charge in [0.2, 0.25) is 0 Å². The van der Waals surface area contributed by atoms with Gasteiger partial charge in [0.1, 0.15) is 11.5 Å². The molecule has 0 saturated heterocycles. The van der Waals surface area contributed by atoms with Crippen molar-refractivity contribution in [3.8, 4) is 44.9 Å². The minimum atomic E-state index is 0.887. The van der Waals surface area contributed by atoms with E-state index in [1.165, 1.54) is 85.5 Å². The Morgan fingerprint density at radius 3 is 1.27 bits per heavy atom. The van der Waals surface area contributed by atoms with Crippen molar-refractivity contribution in [2.45, 2.75) is 0 Å². The Bertz CT molecular complexity index is 3010. The predicted octanol–water partition coefficient (Wildman–Crippen LogP) is 14.5. The minimum Gasteiger partial charge on any atom is -0.464 e. The van der Waals surface area contributed by atoms with Crippen LogP contribution in [0.4, 0.5) is 0 Å². The zero-order valence-electron chi connectivity index (χ0n) is 27.4. The molecule has 11 aromatic rings. The fourth-order valence-corrected chi connectivity index (χ4v) is 9.59. The molecule has 2 nitrogen and oxygen atoms in total. The number of hydrogen-bond donors (Lipinski definition) is 0. The second-order valence-corrected chi connectivity index (χ2v) is 14.2. The first kappa shape index (κ1) is 28.4. The lowest BCUT2D eigenvalue weighted by atomic mass is 9.86. The molecule has 0 aliphatic heterocycles. The Morgan fingerprint density at radius 2 is 0.804 bits per heavy atom. The highest BCUT2D eigenvalue weighted by molar-refractivity contribution is 7.26. The summed E-state index contributed by atoms with van der Waals surface area (Å²) in [6.07, 6.45) is 3.52. The maximum absolute atomic E-state index is 6.02. The molecule has 0 amide bonds. The lowest BCUT2D eigenvalue weighted by molar-refractivity contribution is 0.583. The Kier molecular flexibility index (Phi) is 6.16. The fraction of sp³-hybridized carbons (Fsp3) is 0. The molecular weight excluding hydrogens is 641 g/mol. The molecule has 0 bridgehead atoms. The van der Waals surface area contributed by atoms with Gasteiger partial charge >= 0.3 is 0 Å². The molecule has 51 heavy (non-hydrogen) atoms. The molecule has 0 spiro atoms. The van der Waals surface area contributed by atoms with Gasteiger partial charge in [-0.3, -0.25) is 0 Å². The Hall–Kier alpha value is -6.42. The van der Waals surface area contributed by atoms with Crippen molar-refractivity contribution in [1.82, 2.24) is 0 Å². The van der Waals surface area contributed by atoms with E-state index in [1.807, 2.05) is 23.5 Å². The summed E-state index contributed by atoms with van der Waals surface area (Å²) in [6.45, 7) is 0. The van der Waals surface area contributed by atoms with E-state index in [0.29, 0.717) is 0 Å². The molecule has 11 rings (SSSR count). The molecule has 0 aliphatic carbocycles. The van der Waals surface area contributed by atoms with Crippen molar-refractivity contribution in [3.05, 3.63) is 170 Å². The van der Waals surface area contributed by atoms with Crippen LogP contribution in [0.3, 0.4) is 0 Å². The van der Waals surface area contributed by atoms with E-state index in [1.54, 1.807) is 12.5 Å². The molecule has 238 valence electrons. The molecule has 0 N–H and O–H groups in total. The smallest absolute Gasteiger partial charge is 0.135 e. The zero-order valence-corrected chi connectivity index (χ0v) is 28.2. The summed E-state index contributed by atoms with van der Waals surface area (Å²) in [4.78, 5) is 0. The normalized spacial score (nSPS) is 11.9. The third-order valence-electron chi connectivity index (χ3n) is 10.5. The first-order valence-electron chi connectivity index (χ1n) is 17.2. The third kappa shape index (κ3) is 4.16. The lowest BCUT2D eigenvalue weighted by Crippen LogP contribution is -1.90. The van der Waals surface area contributed by atoms with E-state index in [9.17, 15) is 0 Å². The van der Waals surface area contributed by atoms with Crippen LogP contribution in [0.5, 0.6) is 0 Å². The van der Waals surface area contributed by atoms with Crippen LogP contribution in [-0.4, -0.2) is 0 Å². The molecule has 8 aromatic carbocycles. The van der Waals surface area contributed by atoms with E-state index in [4.69, 9.17) is 8.83 Å². The maximum Gasteiger partial charge on any atom is 0.135 e. The average Bonchev–Trinajstić information content (AvgIpc) is 3.98. The van der Waals surface area contributed by atoms with Gasteiger partial charge in [0, 0.05) is 31.3 Å². The van der Waals surface area contributed by atoms with Crippen molar-refractivity contribution in [3.63, 3.8) is 0 Å². The standard InChI is InChI=1S/C48H28O2S/c1-5-16-34-30(12-1)44(31-13-2-6-17-35(31)46(34)40-21-10-26-49-40)29-24-25-38-43(28-29)51-42-23-9-20-39(48(38)42)45-32-14-3-7-18-36(32)47(41-22-11-27-50-41)37-19-8-4-15-33(37)45/h1-28H. The maximum atomic E-state index is 6.02. The summed E-state index contributed by atoms with van der Waals surface area (Å²) in [5.74, 6) is 1.77. The summed E-state index contributed by atoms with van der Waals surface area (Å²) in [6, 6.07) is 56.9. The minimum absolute atomic E-state index is 0.887. The topological polar surface area (TPSA) is 26.3 Å². The third-order valence-corrected chi connectivity index (χ3v) is 11.6. The van der Waals surface area contributed by atoms with Gasteiger partial charge < -0.3 is 8.83 Å². The van der Waals surface area contributed by atoms with Crippen LogP contribution in [0, 0.1) is 0 Å². The van der Waals surface area contributed by atoms with Crippen LogP contribution in [0.25, 0.3) is 108 Å². The monoisotopic (exact) mass is 668 g/mol. The van der Waals surface area contributed by atoms with Crippen molar-refractivity contribution >= 4 is 74.6 Å². The zero-order chi connectivity index (χ0) is 33.5. The summed E-state index contributed by atoms with van der Waals surface area (Å²) in [5.41, 5.74) is 7.26. The van der Waals surface area contributed by atoms with Gasteiger partial charge in [-0.1, -0.05) is 121 Å². The Morgan fingerprint density at radius 1 is 0.333 bits per heavy atom. The molecule has 0 unspecified atom stereocenters. The number of hydrogen-bond acceptors (Lipinski definition) is 3. The molecule has 0 fully saturated rings. The Labute approximate surface area is 297 Å². The van der Waals surface area contributed by atoms with Gasteiger partial charge in [-0.25, -0.2) is 0 Å². The van der Waals surface area contributed by atoms with Crippen LogP contribution in [-0.2, 0) is 0 Å². The van der Waals surface area contributed by atoms with Crippen LogP contribution >= 0.6 is 11.3 Å². The van der Waals surface area contributed by atoms with Crippen LogP contribution in [0.1, 0.15) is 0 Å². The first-order valence-corrected chi connectivity index (χ1v) is 18.1. The summed E-state index contributed by atoms with van der Waals surface area (Å²) in [7, 11) is 0. The SMILES string of the molecule is c1coc(-c2c3ccccc3c(-c3ccc4c(c3)sc3cccc(-c5c6ccccc6c(-c6ccco6)c6ccccc56)c34)c3ccccc23)c1. The second-order valence-electron chi connectivity index (χ2n) is 13.1. The van der Waals surface area contributed by atoms with Gasteiger partial charge in [0.25, 0.3) is 0 Å². The molecule has 3 aromatic heterocycles. The predicted molar refractivity (Wildman–Crippen MR) is 216 cm³/mol. The van der Waals surface area contributed by atoms with Crippen LogP contribution < -0.4 is 0 Å². The largest absolute Gasteiger partial charge is 0.464 e. The van der Waals surface area contributed by atoms with Crippen molar-refractivity contribution in [2.75, 3.05) is 0 Å². The second kappa shape index (κ2) is 11.0. The summed E-state index contributed by atoms with van der Waals surface area (Å²) < 4.78 is 14.6. The number of rotatable bonds is 4. The molecular formula is C48H28O2S. The molecule has 3 heteroatoms. The van der Waals surface area contributed by atoms with Crippen LogP contribution in [0.15, 0.2) is 179 Å². The van der Waals surface area contributed by atoms with Crippen LogP contribution in [0.2, 0.25) is 0 Å². The van der Waals surface area contributed by atoms with E-state index in [2.05, 4.69) is 146 Å². The van der Waals surface area contributed by atoms with Gasteiger partial charge in [-0.15, -0.1) is 11.3 Å². The fourth-order valence-electron chi connectivity index (χ4n) is 8.42. The van der Waals surface area contributed by atoms with Gasteiger partial charge in [0.05, 0.1) is 12.5 Å². The van der Waals surface area contributed by atoms with E-state index < -0.39 is 0 Å². The van der Waals surface area contributed by atoms with E-state index in [-0.39, 0.29) is 0 Å². The van der Waals surface area contributed by atoms with Gasteiger partial charge in [0.15, 0.2) is 0 Å². The summed E-state index contributed by atoms with van der Waals surface area (Å²) >= 11 is 1.87. The molecule has 0 radical (unpaired) electrons. The molecule has 3 heterocycles. The summed E-state index contributed by atoms with van der Waals surface area (Å²) in [5, 5.41) is 12.2. The first-order chi connectivity index (χ1) is 25.3. The van der Waals surface area contributed by atoms with Crippen molar-refractivity contribution < 1.29 is 8.83 Å². The number of benzene rings is 8. The van der Waals surface area contributed by atoms with Gasteiger partial charge in [-0.2, -0.15) is 0 Å². The highest BCUT2D eigenvalue weighted by atomic mass is 32.1. The molecule has 0 atom stereocenters. The molecule has 0 aliphatic rings.